The van der Waals surface area contributed by atoms with Gasteiger partial charge in [-0.3, -0.25) is 9.59 Å². The molecule has 0 radical (unpaired) electrons. The molecule has 0 saturated heterocycles. The zero-order chi connectivity index (χ0) is 11.5. The van der Waals surface area contributed by atoms with Crippen LogP contribution in [0.3, 0.4) is 0 Å². The van der Waals surface area contributed by atoms with E-state index in [1.54, 1.807) is 6.92 Å². The highest BCUT2D eigenvalue weighted by molar-refractivity contribution is 5.85. The standard InChI is InChI=1S/C11H16O4/c1-11(10(13)15-3)7-5-4-6-8(11)9(12)14-2/h4-5,8H,6-7H2,1-3H3/t8-,11-/m0/s1. The molecule has 0 fully saturated rings. The molecular weight excluding hydrogens is 196 g/mol. The van der Waals surface area contributed by atoms with E-state index in [9.17, 15) is 9.59 Å². The maximum Gasteiger partial charge on any atom is 0.312 e. The highest BCUT2D eigenvalue weighted by Crippen LogP contribution is 2.39. The quantitative estimate of drug-likeness (QED) is 0.511. The minimum absolute atomic E-state index is 0.354. The molecule has 0 amide bonds. The molecule has 0 aromatic heterocycles. The molecule has 15 heavy (non-hydrogen) atoms. The lowest BCUT2D eigenvalue weighted by atomic mass is 9.70. The summed E-state index contributed by atoms with van der Waals surface area (Å²) in [6, 6.07) is 0. The zero-order valence-electron chi connectivity index (χ0n) is 9.28. The molecule has 0 heterocycles. The van der Waals surface area contributed by atoms with E-state index < -0.39 is 11.3 Å². The Kier molecular flexibility index (Phi) is 3.50. The van der Waals surface area contributed by atoms with Crippen molar-refractivity contribution in [3.63, 3.8) is 0 Å². The van der Waals surface area contributed by atoms with Crippen LogP contribution in [0.15, 0.2) is 12.2 Å². The second-order valence-corrected chi connectivity index (χ2v) is 3.90. The number of ether oxygens (including phenoxy) is 2. The number of rotatable bonds is 2. The van der Waals surface area contributed by atoms with Gasteiger partial charge in [-0.15, -0.1) is 0 Å². The average molecular weight is 212 g/mol. The Morgan fingerprint density at radius 3 is 2.47 bits per heavy atom. The molecule has 0 unspecified atom stereocenters. The molecule has 0 N–H and O–H groups in total. The third kappa shape index (κ3) is 2.03. The summed E-state index contributed by atoms with van der Waals surface area (Å²) in [5, 5.41) is 0. The zero-order valence-corrected chi connectivity index (χ0v) is 9.28. The van der Waals surface area contributed by atoms with Gasteiger partial charge in [0.2, 0.25) is 0 Å². The van der Waals surface area contributed by atoms with Gasteiger partial charge in [-0.25, -0.2) is 0 Å². The topological polar surface area (TPSA) is 52.6 Å². The summed E-state index contributed by atoms with van der Waals surface area (Å²) in [7, 11) is 2.67. The summed E-state index contributed by atoms with van der Waals surface area (Å²) >= 11 is 0. The van der Waals surface area contributed by atoms with Crippen LogP contribution in [0.4, 0.5) is 0 Å². The van der Waals surface area contributed by atoms with E-state index in [1.165, 1.54) is 14.2 Å². The van der Waals surface area contributed by atoms with Crippen LogP contribution in [-0.4, -0.2) is 26.2 Å². The van der Waals surface area contributed by atoms with Crippen LogP contribution in [0.25, 0.3) is 0 Å². The Labute approximate surface area is 89.2 Å². The molecule has 2 atom stereocenters. The first-order valence-corrected chi connectivity index (χ1v) is 4.87. The fraction of sp³-hybridized carbons (Fsp3) is 0.636. The van der Waals surface area contributed by atoms with Gasteiger partial charge in [0.1, 0.15) is 0 Å². The fourth-order valence-corrected chi connectivity index (χ4v) is 1.92. The highest BCUT2D eigenvalue weighted by Gasteiger charge is 2.46. The Balaban J connectivity index is 2.97. The Morgan fingerprint density at radius 1 is 1.27 bits per heavy atom. The lowest BCUT2D eigenvalue weighted by Crippen LogP contribution is -2.42. The molecule has 0 aromatic rings. The molecule has 1 rings (SSSR count). The maximum absolute atomic E-state index is 11.7. The first kappa shape index (κ1) is 11.8. The normalized spacial score (nSPS) is 29.7. The van der Waals surface area contributed by atoms with Gasteiger partial charge in [0, 0.05) is 0 Å². The number of carbonyl (C=O) groups excluding carboxylic acids is 2. The molecule has 84 valence electrons. The van der Waals surface area contributed by atoms with Gasteiger partial charge in [-0.05, 0) is 19.8 Å². The van der Waals surface area contributed by atoms with Gasteiger partial charge >= 0.3 is 11.9 Å². The van der Waals surface area contributed by atoms with Gasteiger partial charge in [0.15, 0.2) is 0 Å². The molecule has 0 bridgehead atoms. The Bertz CT molecular complexity index is 295. The van der Waals surface area contributed by atoms with Crippen LogP contribution in [0.5, 0.6) is 0 Å². The predicted molar refractivity (Wildman–Crippen MR) is 54.0 cm³/mol. The van der Waals surface area contributed by atoms with Gasteiger partial charge < -0.3 is 9.47 Å². The molecule has 0 aromatic carbocycles. The molecule has 1 aliphatic carbocycles. The first-order valence-electron chi connectivity index (χ1n) is 4.87. The Morgan fingerprint density at radius 2 is 1.93 bits per heavy atom. The summed E-state index contributed by atoms with van der Waals surface area (Å²) in [4.78, 5) is 23.2. The first-order chi connectivity index (χ1) is 7.06. The van der Waals surface area contributed by atoms with Crippen LogP contribution in [0, 0.1) is 11.3 Å². The maximum atomic E-state index is 11.7. The summed E-state index contributed by atoms with van der Waals surface area (Å²) in [6.07, 6.45) is 4.83. The van der Waals surface area contributed by atoms with E-state index in [4.69, 9.17) is 9.47 Å². The minimum Gasteiger partial charge on any atom is -0.469 e. The summed E-state index contributed by atoms with van der Waals surface area (Å²) in [6.45, 7) is 1.74. The van der Waals surface area contributed by atoms with E-state index in [1.807, 2.05) is 12.2 Å². The third-order valence-electron chi connectivity index (χ3n) is 2.99. The van der Waals surface area contributed by atoms with E-state index in [0.29, 0.717) is 12.8 Å². The molecule has 0 spiro atoms. The molecule has 0 saturated carbocycles. The van der Waals surface area contributed by atoms with Crippen molar-refractivity contribution < 1.29 is 19.1 Å². The van der Waals surface area contributed by atoms with Crippen LogP contribution >= 0.6 is 0 Å². The lowest BCUT2D eigenvalue weighted by Gasteiger charge is -2.34. The van der Waals surface area contributed by atoms with E-state index in [0.717, 1.165) is 0 Å². The number of methoxy groups -OCH3 is 2. The predicted octanol–water partition coefficient (Wildman–Crippen LogP) is 1.30. The van der Waals surface area contributed by atoms with Gasteiger partial charge in [0.25, 0.3) is 0 Å². The van der Waals surface area contributed by atoms with E-state index >= 15 is 0 Å². The number of hydrogen-bond acceptors (Lipinski definition) is 4. The number of allylic oxidation sites excluding steroid dienone is 2. The molecular formula is C11H16O4. The van der Waals surface area contributed by atoms with Crippen molar-refractivity contribution in [2.75, 3.05) is 14.2 Å². The summed E-state index contributed by atoms with van der Waals surface area (Å²) in [5.74, 6) is -1.16. The van der Waals surface area contributed by atoms with Crippen LogP contribution in [0.1, 0.15) is 19.8 Å². The third-order valence-corrected chi connectivity index (χ3v) is 2.99. The van der Waals surface area contributed by atoms with E-state index in [2.05, 4.69) is 0 Å². The van der Waals surface area contributed by atoms with Crippen LogP contribution in [-0.2, 0) is 19.1 Å². The second kappa shape index (κ2) is 4.47. The minimum atomic E-state index is -0.795. The van der Waals surface area contributed by atoms with Gasteiger partial charge in [-0.2, -0.15) is 0 Å². The lowest BCUT2D eigenvalue weighted by molar-refractivity contribution is -0.165. The molecule has 4 heteroatoms. The van der Waals surface area contributed by atoms with Crippen molar-refractivity contribution in [3.05, 3.63) is 12.2 Å². The van der Waals surface area contributed by atoms with Crippen molar-refractivity contribution in [1.82, 2.24) is 0 Å². The second-order valence-electron chi connectivity index (χ2n) is 3.90. The van der Waals surface area contributed by atoms with Gasteiger partial charge in [0.05, 0.1) is 25.6 Å². The van der Waals surface area contributed by atoms with Crippen LogP contribution in [0.2, 0.25) is 0 Å². The monoisotopic (exact) mass is 212 g/mol. The number of carbonyl (C=O) groups is 2. The summed E-state index contributed by atoms with van der Waals surface area (Å²) < 4.78 is 9.44. The van der Waals surface area contributed by atoms with Crippen molar-refractivity contribution in [2.24, 2.45) is 11.3 Å². The average Bonchev–Trinajstić information content (AvgIpc) is 2.27. The largest absolute Gasteiger partial charge is 0.469 e. The highest BCUT2D eigenvalue weighted by atomic mass is 16.5. The fourth-order valence-electron chi connectivity index (χ4n) is 1.92. The van der Waals surface area contributed by atoms with Gasteiger partial charge in [-0.1, -0.05) is 12.2 Å². The smallest absolute Gasteiger partial charge is 0.312 e. The van der Waals surface area contributed by atoms with Crippen molar-refractivity contribution in [1.29, 1.82) is 0 Å². The van der Waals surface area contributed by atoms with Crippen molar-refractivity contribution >= 4 is 11.9 Å². The van der Waals surface area contributed by atoms with Crippen molar-refractivity contribution in [2.45, 2.75) is 19.8 Å². The number of esters is 2. The molecule has 0 aliphatic heterocycles. The SMILES string of the molecule is COC(=O)[C@@H]1CC=CC[C@]1(C)C(=O)OC. The Hall–Kier alpha value is -1.32. The van der Waals surface area contributed by atoms with E-state index in [-0.39, 0.29) is 11.9 Å². The summed E-state index contributed by atoms with van der Waals surface area (Å²) in [5.41, 5.74) is -0.795. The molecule has 1 aliphatic rings. The van der Waals surface area contributed by atoms with Crippen LogP contribution < -0.4 is 0 Å². The number of hydrogen-bond donors (Lipinski definition) is 0. The molecule has 4 nitrogen and oxygen atoms in total. The van der Waals surface area contributed by atoms with Crippen molar-refractivity contribution in [3.8, 4) is 0 Å².